The van der Waals surface area contributed by atoms with Crippen molar-refractivity contribution in [3.05, 3.63) is 41.5 Å². The molecule has 0 spiro atoms. The van der Waals surface area contributed by atoms with E-state index in [0.717, 1.165) is 25.1 Å². The number of halogens is 1. The van der Waals surface area contributed by atoms with Crippen molar-refractivity contribution in [3.8, 4) is 6.07 Å². The second kappa shape index (κ2) is 5.55. The van der Waals surface area contributed by atoms with Gasteiger partial charge in [0.2, 0.25) is 0 Å². The average molecular weight is 221 g/mol. The van der Waals surface area contributed by atoms with E-state index < -0.39 is 0 Å². The summed E-state index contributed by atoms with van der Waals surface area (Å²) in [6.07, 6.45) is 3.24. The summed E-state index contributed by atoms with van der Waals surface area (Å²) in [6.45, 7) is 1.97. The van der Waals surface area contributed by atoms with Crippen molar-refractivity contribution in [3.63, 3.8) is 0 Å². The van der Waals surface area contributed by atoms with Gasteiger partial charge in [-0.1, -0.05) is 18.2 Å². The van der Waals surface area contributed by atoms with Crippen molar-refractivity contribution in [1.82, 2.24) is 5.32 Å². The molecule has 1 N–H and O–H groups in total. The second-order valence-corrected chi connectivity index (χ2v) is 3.38. The van der Waals surface area contributed by atoms with Crippen LogP contribution in [-0.4, -0.2) is 13.1 Å². The molecule has 0 amide bonds. The van der Waals surface area contributed by atoms with Crippen molar-refractivity contribution in [2.75, 3.05) is 13.1 Å². The monoisotopic (exact) mass is 220 g/mol. The van der Waals surface area contributed by atoms with Gasteiger partial charge in [0.05, 0.1) is 11.6 Å². The minimum Gasteiger partial charge on any atom is -0.313 e. The Balaban J connectivity index is 0.00000112. The first-order valence-electron chi connectivity index (χ1n) is 4.80. The van der Waals surface area contributed by atoms with Crippen LogP contribution in [0.2, 0.25) is 0 Å². The average Bonchev–Trinajstić information content (AvgIpc) is 2.30. The lowest BCUT2D eigenvalue weighted by atomic mass is 9.99. The summed E-state index contributed by atoms with van der Waals surface area (Å²) in [5.74, 6) is 0. The van der Waals surface area contributed by atoms with Gasteiger partial charge < -0.3 is 5.32 Å². The fourth-order valence-electron chi connectivity index (χ4n) is 1.67. The number of hydrogen-bond donors (Lipinski definition) is 1. The Bertz CT molecular complexity index is 404. The zero-order valence-corrected chi connectivity index (χ0v) is 9.18. The first-order valence-corrected chi connectivity index (χ1v) is 4.80. The molecule has 1 aromatic rings. The second-order valence-electron chi connectivity index (χ2n) is 3.38. The smallest absolute Gasteiger partial charge is 0.0991 e. The number of nitriles is 1. The molecule has 2 nitrogen and oxygen atoms in total. The lowest BCUT2D eigenvalue weighted by Gasteiger charge is -2.14. The van der Waals surface area contributed by atoms with Gasteiger partial charge in [-0.25, -0.2) is 0 Å². The number of rotatable bonds is 1. The molecule has 0 saturated carbocycles. The molecule has 3 heteroatoms. The highest BCUT2D eigenvalue weighted by atomic mass is 35.5. The Morgan fingerprint density at radius 3 is 2.87 bits per heavy atom. The van der Waals surface area contributed by atoms with Gasteiger partial charge in [-0.2, -0.15) is 5.26 Å². The van der Waals surface area contributed by atoms with E-state index in [2.05, 4.69) is 23.5 Å². The molecular weight excluding hydrogens is 208 g/mol. The molecule has 2 rings (SSSR count). The largest absolute Gasteiger partial charge is 0.313 e. The highest BCUT2D eigenvalue weighted by molar-refractivity contribution is 5.85. The molecule has 78 valence electrons. The molecule has 0 unspecified atom stereocenters. The Morgan fingerprint density at radius 2 is 2.20 bits per heavy atom. The first-order chi connectivity index (χ1) is 6.90. The Kier molecular flexibility index (Phi) is 4.36. The molecule has 0 fully saturated rings. The van der Waals surface area contributed by atoms with Crippen LogP contribution in [0.4, 0.5) is 0 Å². The maximum atomic E-state index is 8.78. The molecule has 0 atom stereocenters. The quantitative estimate of drug-likeness (QED) is 0.789. The highest BCUT2D eigenvalue weighted by Gasteiger charge is 2.05. The van der Waals surface area contributed by atoms with Gasteiger partial charge in [0.25, 0.3) is 0 Å². The van der Waals surface area contributed by atoms with Crippen molar-refractivity contribution < 1.29 is 0 Å². The lowest BCUT2D eigenvalue weighted by Crippen LogP contribution is -2.19. The molecule has 0 aliphatic carbocycles. The van der Waals surface area contributed by atoms with Crippen LogP contribution in [0.3, 0.4) is 0 Å². The number of benzene rings is 1. The lowest BCUT2D eigenvalue weighted by molar-refractivity contribution is 0.738. The van der Waals surface area contributed by atoms with E-state index >= 15 is 0 Å². The summed E-state index contributed by atoms with van der Waals surface area (Å²) < 4.78 is 0. The van der Waals surface area contributed by atoms with Gasteiger partial charge in [0, 0.05) is 6.54 Å². The molecule has 0 aromatic heterocycles. The van der Waals surface area contributed by atoms with Gasteiger partial charge in [-0.05, 0) is 36.2 Å². The minimum atomic E-state index is 0. The van der Waals surface area contributed by atoms with Gasteiger partial charge >= 0.3 is 0 Å². The third kappa shape index (κ3) is 2.82. The summed E-state index contributed by atoms with van der Waals surface area (Å²) >= 11 is 0. The number of nitrogens with one attached hydrogen (secondary N) is 1. The summed E-state index contributed by atoms with van der Waals surface area (Å²) in [6, 6.07) is 9.97. The van der Waals surface area contributed by atoms with Crippen LogP contribution >= 0.6 is 12.4 Å². The van der Waals surface area contributed by atoms with E-state index in [9.17, 15) is 0 Å². The minimum absolute atomic E-state index is 0. The van der Waals surface area contributed by atoms with E-state index in [1.54, 1.807) is 0 Å². The molecule has 0 radical (unpaired) electrons. The molecule has 1 aliphatic rings. The normalized spacial score (nSPS) is 14.7. The van der Waals surface area contributed by atoms with Crippen LogP contribution in [0.15, 0.2) is 30.3 Å². The van der Waals surface area contributed by atoms with E-state index in [1.807, 2.05) is 18.2 Å². The van der Waals surface area contributed by atoms with Crippen LogP contribution in [0.25, 0.3) is 5.57 Å². The third-order valence-corrected chi connectivity index (χ3v) is 2.43. The highest BCUT2D eigenvalue weighted by Crippen LogP contribution is 2.20. The zero-order valence-electron chi connectivity index (χ0n) is 8.36. The summed E-state index contributed by atoms with van der Waals surface area (Å²) in [4.78, 5) is 0. The fourth-order valence-corrected chi connectivity index (χ4v) is 1.67. The fraction of sp³-hybridized carbons (Fsp3) is 0.250. The predicted molar refractivity (Wildman–Crippen MR) is 63.9 cm³/mol. The standard InChI is InChI=1S/C12H12N2.ClH/c13-9-10-2-1-3-12(8-10)11-4-6-14-7-5-11;/h1-4,8,14H,5-7H2;1H. The molecule has 1 heterocycles. The van der Waals surface area contributed by atoms with Crippen LogP contribution in [0, 0.1) is 11.3 Å². The van der Waals surface area contributed by atoms with Gasteiger partial charge in [-0.3, -0.25) is 0 Å². The topological polar surface area (TPSA) is 35.8 Å². The van der Waals surface area contributed by atoms with Crippen LogP contribution in [0.5, 0.6) is 0 Å². The van der Waals surface area contributed by atoms with Crippen LogP contribution in [0.1, 0.15) is 17.5 Å². The van der Waals surface area contributed by atoms with E-state index in [-0.39, 0.29) is 12.4 Å². The molecular formula is C12H13ClN2. The molecule has 0 bridgehead atoms. The Labute approximate surface area is 96.0 Å². The summed E-state index contributed by atoms with van der Waals surface area (Å²) in [7, 11) is 0. The maximum Gasteiger partial charge on any atom is 0.0991 e. The molecule has 1 aromatic carbocycles. The summed E-state index contributed by atoms with van der Waals surface area (Å²) in [5, 5.41) is 12.1. The van der Waals surface area contributed by atoms with Crippen molar-refractivity contribution in [1.29, 1.82) is 5.26 Å². The molecule has 1 aliphatic heterocycles. The van der Waals surface area contributed by atoms with Crippen LogP contribution < -0.4 is 5.32 Å². The van der Waals surface area contributed by atoms with Crippen molar-refractivity contribution in [2.24, 2.45) is 0 Å². The van der Waals surface area contributed by atoms with E-state index in [0.29, 0.717) is 0 Å². The number of hydrogen-bond acceptors (Lipinski definition) is 2. The SMILES string of the molecule is Cl.N#Cc1cccc(C2=CCNCC2)c1. The molecule has 0 saturated heterocycles. The first kappa shape index (κ1) is 11.8. The summed E-state index contributed by atoms with van der Waals surface area (Å²) in [5.41, 5.74) is 3.27. The number of nitrogens with zero attached hydrogens (tertiary/aromatic N) is 1. The predicted octanol–water partition coefficient (Wildman–Crippen LogP) is 2.36. The molecule has 15 heavy (non-hydrogen) atoms. The van der Waals surface area contributed by atoms with Crippen LogP contribution in [-0.2, 0) is 0 Å². The van der Waals surface area contributed by atoms with Gasteiger partial charge in [0.1, 0.15) is 0 Å². The van der Waals surface area contributed by atoms with E-state index in [1.165, 1.54) is 11.1 Å². The van der Waals surface area contributed by atoms with Crippen molar-refractivity contribution in [2.45, 2.75) is 6.42 Å². The Morgan fingerprint density at radius 1 is 1.33 bits per heavy atom. The Hall–Kier alpha value is -1.30. The maximum absolute atomic E-state index is 8.78. The third-order valence-electron chi connectivity index (χ3n) is 2.43. The van der Waals surface area contributed by atoms with Crippen molar-refractivity contribution >= 4 is 18.0 Å². The van der Waals surface area contributed by atoms with Gasteiger partial charge in [0.15, 0.2) is 0 Å². The van der Waals surface area contributed by atoms with Gasteiger partial charge in [-0.15, -0.1) is 12.4 Å². The zero-order chi connectivity index (χ0) is 9.80. The van der Waals surface area contributed by atoms with E-state index in [4.69, 9.17) is 5.26 Å².